The molecule has 0 fully saturated rings. The zero-order chi connectivity index (χ0) is 4.00. The van der Waals surface area contributed by atoms with E-state index in [1.165, 1.54) is 0 Å². The van der Waals surface area contributed by atoms with Crippen LogP contribution in [0.2, 0.25) is 0 Å². The van der Waals surface area contributed by atoms with Crippen LogP contribution in [0.5, 0.6) is 0 Å². The SMILES string of the molecule is CO.N=S. The minimum absolute atomic E-state index is 1.00. The predicted molar refractivity (Wildman–Crippen MR) is 18.2 cm³/mol. The quantitative estimate of drug-likeness (QED) is 0.426. The minimum Gasteiger partial charge on any atom is -0.400 e. The molecule has 0 aliphatic rings. The second kappa shape index (κ2) is 29200. The van der Waals surface area contributed by atoms with Crippen molar-refractivity contribution in [1.82, 2.24) is 0 Å². The van der Waals surface area contributed by atoms with Gasteiger partial charge in [0.05, 0.1) is 0 Å². The first-order chi connectivity index (χ1) is 2.00. The molecule has 0 aliphatic heterocycles. The van der Waals surface area contributed by atoms with E-state index < -0.39 is 0 Å². The smallest absolute Gasteiger partial charge is 0.0324 e. The first kappa shape index (κ1) is 9.02. The van der Waals surface area contributed by atoms with Gasteiger partial charge in [-0.3, -0.25) is 0 Å². The molecular formula is CH5NOS. The molecule has 0 rings (SSSR count). The first-order valence-corrected chi connectivity index (χ1v) is 1.06. The van der Waals surface area contributed by atoms with Gasteiger partial charge in [0, 0.05) is 19.5 Å². The summed E-state index contributed by atoms with van der Waals surface area (Å²) in [5, 5.41) is 7.00. The van der Waals surface area contributed by atoms with Gasteiger partial charge in [0.15, 0.2) is 0 Å². The fourth-order valence-electron chi connectivity index (χ4n) is 0. The van der Waals surface area contributed by atoms with Crippen LogP contribution in [0.15, 0.2) is 0 Å². The van der Waals surface area contributed by atoms with Gasteiger partial charge >= 0.3 is 0 Å². The fraction of sp³-hybridized carbons (Fsp3) is 1.00. The Kier molecular flexibility index (Phi) is 65800. The number of hydrogen-bond acceptors (Lipinski definition) is 3. The molecule has 26 valence electrons. The minimum atomic E-state index is 1.00. The summed E-state index contributed by atoms with van der Waals surface area (Å²) < 4.78 is 5.33. The summed E-state index contributed by atoms with van der Waals surface area (Å²) in [6.07, 6.45) is 0. The summed E-state index contributed by atoms with van der Waals surface area (Å²) in [5.41, 5.74) is 0. The van der Waals surface area contributed by atoms with Crippen LogP contribution in [-0.2, 0) is 12.4 Å². The highest BCUT2D eigenvalue weighted by Crippen LogP contribution is 0.755. The van der Waals surface area contributed by atoms with Crippen molar-refractivity contribution in [3.8, 4) is 0 Å². The molecule has 4 heavy (non-hydrogen) atoms. The van der Waals surface area contributed by atoms with Crippen LogP contribution in [0.25, 0.3) is 0 Å². The molecule has 0 saturated carbocycles. The van der Waals surface area contributed by atoms with Crippen molar-refractivity contribution in [2.24, 2.45) is 0 Å². The Morgan fingerprint density at radius 2 is 1.50 bits per heavy atom. The molecular weight excluding hydrogens is 74.1 g/mol. The largest absolute Gasteiger partial charge is 0.400 e. The van der Waals surface area contributed by atoms with Gasteiger partial charge in [-0.15, -0.1) is 0 Å². The lowest BCUT2D eigenvalue weighted by Crippen LogP contribution is -1.25. The predicted octanol–water partition coefficient (Wildman–Crippen LogP) is -0.0958. The summed E-state index contributed by atoms with van der Waals surface area (Å²) in [7, 11) is 1.00. The fourth-order valence-corrected chi connectivity index (χ4v) is 0. The molecule has 0 radical (unpaired) electrons. The topological polar surface area (TPSA) is 44.1 Å². The van der Waals surface area contributed by atoms with Crippen molar-refractivity contribution in [3.63, 3.8) is 0 Å². The molecule has 0 aromatic heterocycles. The van der Waals surface area contributed by atoms with Gasteiger partial charge in [-0.1, -0.05) is 0 Å². The van der Waals surface area contributed by atoms with Gasteiger partial charge in [-0.2, -0.15) is 0 Å². The van der Waals surface area contributed by atoms with E-state index in [0.717, 1.165) is 7.11 Å². The summed E-state index contributed by atoms with van der Waals surface area (Å²) in [5.74, 6) is 0. The Hall–Kier alpha value is -0.0200. The Morgan fingerprint density at radius 1 is 1.50 bits per heavy atom. The third kappa shape index (κ3) is 4750. The maximum atomic E-state index is 7.00. The Labute approximate surface area is 30.4 Å². The van der Waals surface area contributed by atoms with E-state index in [-0.39, 0.29) is 0 Å². The second-order valence-corrected chi connectivity index (χ2v) is 0. The number of hydrogen-bond donors (Lipinski definition) is 2. The van der Waals surface area contributed by atoms with Gasteiger partial charge in [-0.05, 0) is 0 Å². The van der Waals surface area contributed by atoms with Gasteiger partial charge in [0.2, 0.25) is 0 Å². The lowest BCUT2D eigenvalue weighted by molar-refractivity contribution is 0.399. The molecule has 0 aromatic rings. The number of rotatable bonds is 0. The molecule has 0 amide bonds. The van der Waals surface area contributed by atoms with Crippen LogP contribution >= 0.6 is 0 Å². The van der Waals surface area contributed by atoms with Crippen LogP contribution in [0.4, 0.5) is 0 Å². The summed E-state index contributed by atoms with van der Waals surface area (Å²) in [6.45, 7) is 0. The molecule has 0 unspecified atom stereocenters. The molecule has 0 heterocycles. The van der Waals surface area contributed by atoms with E-state index in [4.69, 9.17) is 9.89 Å². The van der Waals surface area contributed by atoms with Crippen molar-refractivity contribution in [2.45, 2.75) is 0 Å². The lowest BCUT2D eigenvalue weighted by atomic mass is 11.8. The van der Waals surface area contributed by atoms with Crippen LogP contribution < -0.4 is 0 Å². The van der Waals surface area contributed by atoms with Gasteiger partial charge in [0.1, 0.15) is 0 Å². The van der Waals surface area contributed by atoms with Crippen molar-refractivity contribution < 1.29 is 5.11 Å². The van der Waals surface area contributed by atoms with Crippen LogP contribution in [-0.4, -0.2) is 12.2 Å². The van der Waals surface area contributed by atoms with E-state index in [1.807, 2.05) is 0 Å². The molecule has 0 aromatic carbocycles. The number of aliphatic hydroxyl groups excluding tert-OH is 1. The Morgan fingerprint density at radius 3 is 1.50 bits per heavy atom. The zero-order valence-corrected chi connectivity index (χ0v) is 3.17. The molecule has 0 atom stereocenters. The Bertz CT molecular complexity index is 8.00. The van der Waals surface area contributed by atoms with Gasteiger partial charge < -0.3 is 5.11 Å². The van der Waals surface area contributed by atoms with Crippen molar-refractivity contribution >= 4 is 12.4 Å². The molecule has 0 aliphatic carbocycles. The van der Waals surface area contributed by atoms with Crippen molar-refractivity contribution in [3.05, 3.63) is 0 Å². The third-order valence-electron chi connectivity index (χ3n) is 0. The maximum Gasteiger partial charge on any atom is 0.0324 e. The van der Waals surface area contributed by atoms with E-state index in [0.29, 0.717) is 0 Å². The maximum absolute atomic E-state index is 7.00. The van der Waals surface area contributed by atoms with Crippen LogP contribution in [0, 0.1) is 4.78 Å². The average Bonchev–Trinajstić information content (AvgIpc) is 1.50. The molecule has 0 saturated heterocycles. The van der Waals surface area contributed by atoms with Gasteiger partial charge in [0.25, 0.3) is 0 Å². The van der Waals surface area contributed by atoms with Crippen molar-refractivity contribution in [1.29, 1.82) is 4.78 Å². The van der Waals surface area contributed by atoms with E-state index >= 15 is 0 Å². The number of nitrogens with one attached hydrogen (secondary N) is 1. The van der Waals surface area contributed by atoms with Crippen LogP contribution in [0.1, 0.15) is 0 Å². The van der Waals surface area contributed by atoms with E-state index in [2.05, 4.69) is 12.4 Å². The standard InChI is InChI=1S/CH4O.HNS/c2*1-2/h2H,1H3;1H. The highest BCUT2D eigenvalue weighted by atomic mass is 32.1. The van der Waals surface area contributed by atoms with E-state index in [1.54, 1.807) is 0 Å². The number of aliphatic hydroxyl groups is 1. The normalized spacial score (nSPS) is 2.50. The lowest BCUT2D eigenvalue weighted by Gasteiger charge is -1.21. The highest BCUT2D eigenvalue weighted by molar-refractivity contribution is 7.45. The molecule has 0 bridgehead atoms. The molecule has 2 nitrogen and oxygen atoms in total. The molecule has 2 N–H and O–H groups in total. The van der Waals surface area contributed by atoms with Gasteiger partial charge in [-0.25, -0.2) is 4.78 Å². The third-order valence-corrected chi connectivity index (χ3v) is 0. The van der Waals surface area contributed by atoms with Crippen LogP contribution in [0.3, 0.4) is 0 Å². The molecule has 0 spiro atoms. The second-order valence-electron chi connectivity index (χ2n) is 0. The van der Waals surface area contributed by atoms with Crippen molar-refractivity contribution in [2.75, 3.05) is 7.11 Å². The zero-order valence-electron chi connectivity index (χ0n) is 2.36. The Balaban J connectivity index is 0. The summed E-state index contributed by atoms with van der Waals surface area (Å²) in [6, 6.07) is 0. The first-order valence-electron chi connectivity index (χ1n) is 0.651. The monoisotopic (exact) mass is 79.0 g/mol. The highest BCUT2D eigenvalue weighted by Gasteiger charge is 0.839. The summed E-state index contributed by atoms with van der Waals surface area (Å²) >= 11 is 3.33. The van der Waals surface area contributed by atoms with E-state index in [9.17, 15) is 0 Å². The summed E-state index contributed by atoms with van der Waals surface area (Å²) in [4.78, 5) is 0. The average molecular weight is 79.1 g/mol. The molecule has 3 heteroatoms.